The lowest BCUT2D eigenvalue weighted by molar-refractivity contribution is 0.625. The molecule has 0 saturated carbocycles. The molecule has 0 bridgehead atoms. The van der Waals surface area contributed by atoms with Crippen molar-refractivity contribution in [2.75, 3.05) is 13.1 Å². The smallest absolute Gasteiger partial charge is 0.191 e. The van der Waals surface area contributed by atoms with Gasteiger partial charge in [0.1, 0.15) is 5.82 Å². The molecule has 26 heavy (non-hydrogen) atoms. The van der Waals surface area contributed by atoms with Gasteiger partial charge in [-0.25, -0.2) is 9.38 Å². The Morgan fingerprint density at radius 2 is 1.96 bits per heavy atom. The molecular formula is C21H23FN4. The number of rotatable bonds is 6. The van der Waals surface area contributed by atoms with Crippen molar-refractivity contribution in [1.82, 2.24) is 15.6 Å². The Morgan fingerprint density at radius 3 is 2.81 bits per heavy atom. The van der Waals surface area contributed by atoms with E-state index in [1.807, 2.05) is 37.4 Å². The third-order valence-electron chi connectivity index (χ3n) is 4.08. The van der Waals surface area contributed by atoms with E-state index in [9.17, 15) is 4.39 Å². The van der Waals surface area contributed by atoms with Crippen LogP contribution in [0, 0.1) is 5.82 Å². The molecule has 0 aliphatic rings. The van der Waals surface area contributed by atoms with Crippen LogP contribution < -0.4 is 10.6 Å². The van der Waals surface area contributed by atoms with Gasteiger partial charge in [0.2, 0.25) is 0 Å². The molecule has 0 saturated heterocycles. The SMILES string of the molecule is CCNC(=NCc1nccc2ccccc12)NCCc1cccc(F)c1. The van der Waals surface area contributed by atoms with Crippen LogP contribution in [0.5, 0.6) is 0 Å². The summed E-state index contributed by atoms with van der Waals surface area (Å²) in [5, 5.41) is 8.81. The van der Waals surface area contributed by atoms with Gasteiger partial charge in [0.05, 0.1) is 12.2 Å². The summed E-state index contributed by atoms with van der Waals surface area (Å²) in [6, 6.07) is 16.9. The van der Waals surface area contributed by atoms with E-state index in [2.05, 4.69) is 32.7 Å². The fraction of sp³-hybridized carbons (Fsp3) is 0.238. The number of aliphatic imine (C=N–C) groups is 1. The number of hydrogen-bond acceptors (Lipinski definition) is 2. The van der Waals surface area contributed by atoms with Gasteiger partial charge in [0.25, 0.3) is 0 Å². The fourth-order valence-corrected chi connectivity index (χ4v) is 2.82. The molecule has 3 aromatic rings. The monoisotopic (exact) mass is 350 g/mol. The van der Waals surface area contributed by atoms with Crippen LogP contribution in [0.4, 0.5) is 4.39 Å². The number of aromatic nitrogens is 1. The predicted octanol–water partition coefficient (Wildman–Crippen LogP) is 3.67. The molecule has 3 rings (SSSR count). The molecule has 5 heteroatoms. The highest BCUT2D eigenvalue weighted by Crippen LogP contribution is 2.16. The van der Waals surface area contributed by atoms with Gasteiger partial charge in [0, 0.05) is 24.7 Å². The zero-order valence-electron chi connectivity index (χ0n) is 14.9. The van der Waals surface area contributed by atoms with Crippen molar-refractivity contribution < 1.29 is 4.39 Å². The average molecular weight is 350 g/mol. The highest BCUT2D eigenvalue weighted by Gasteiger charge is 2.03. The van der Waals surface area contributed by atoms with Gasteiger partial charge in [0.15, 0.2) is 5.96 Å². The molecule has 0 atom stereocenters. The summed E-state index contributed by atoms with van der Waals surface area (Å²) >= 11 is 0. The number of nitrogens with one attached hydrogen (secondary N) is 2. The Kier molecular flexibility index (Phi) is 6.14. The van der Waals surface area contributed by atoms with E-state index >= 15 is 0 Å². The topological polar surface area (TPSA) is 49.3 Å². The third-order valence-corrected chi connectivity index (χ3v) is 4.08. The van der Waals surface area contributed by atoms with E-state index in [1.165, 1.54) is 6.07 Å². The zero-order valence-corrected chi connectivity index (χ0v) is 14.9. The second-order valence-electron chi connectivity index (χ2n) is 5.98. The molecule has 0 spiro atoms. The summed E-state index contributed by atoms with van der Waals surface area (Å²) in [5.41, 5.74) is 1.91. The van der Waals surface area contributed by atoms with Crippen molar-refractivity contribution in [3.63, 3.8) is 0 Å². The van der Waals surface area contributed by atoms with Gasteiger partial charge in [-0.05, 0) is 42.5 Å². The highest BCUT2D eigenvalue weighted by molar-refractivity contribution is 5.85. The van der Waals surface area contributed by atoms with Gasteiger partial charge in [-0.2, -0.15) is 0 Å². The quantitative estimate of drug-likeness (QED) is 0.527. The fourth-order valence-electron chi connectivity index (χ4n) is 2.82. The van der Waals surface area contributed by atoms with Gasteiger partial charge >= 0.3 is 0 Å². The van der Waals surface area contributed by atoms with E-state index in [-0.39, 0.29) is 5.82 Å². The lowest BCUT2D eigenvalue weighted by atomic mass is 10.1. The second-order valence-corrected chi connectivity index (χ2v) is 5.98. The Morgan fingerprint density at radius 1 is 1.08 bits per heavy atom. The number of pyridine rings is 1. The van der Waals surface area contributed by atoms with Crippen LogP contribution in [-0.2, 0) is 13.0 Å². The molecule has 0 aliphatic carbocycles. The van der Waals surface area contributed by atoms with Crippen molar-refractivity contribution in [2.45, 2.75) is 19.9 Å². The van der Waals surface area contributed by atoms with Crippen molar-refractivity contribution in [3.8, 4) is 0 Å². The highest BCUT2D eigenvalue weighted by atomic mass is 19.1. The summed E-state index contributed by atoms with van der Waals surface area (Å²) < 4.78 is 13.2. The normalized spacial score (nSPS) is 11.5. The van der Waals surface area contributed by atoms with Gasteiger partial charge in [-0.1, -0.05) is 36.4 Å². The average Bonchev–Trinajstić information content (AvgIpc) is 2.66. The number of nitrogens with zero attached hydrogens (tertiary/aromatic N) is 2. The third kappa shape index (κ3) is 4.79. The first-order chi connectivity index (χ1) is 12.8. The summed E-state index contributed by atoms with van der Waals surface area (Å²) in [6.07, 6.45) is 2.55. The van der Waals surface area contributed by atoms with Crippen LogP contribution in [0.2, 0.25) is 0 Å². The number of benzene rings is 2. The maximum atomic E-state index is 13.2. The second kappa shape index (κ2) is 8.94. The van der Waals surface area contributed by atoms with E-state index < -0.39 is 0 Å². The number of hydrogen-bond donors (Lipinski definition) is 2. The minimum Gasteiger partial charge on any atom is -0.357 e. The summed E-state index contributed by atoms with van der Waals surface area (Å²) in [4.78, 5) is 9.11. The van der Waals surface area contributed by atoms with Crippen LogP contribution in [-0.4, -0.2) is 24.0 Å². The molecule has 0 radical (unpaired) electrons. The van der Waals surface area contributed by atoms with Crippen LogP contribution in [0.3, 0.4) is 0 Å². The van der Waals surface area contributed by atoms with Crippen LogP contribution in [0.25, 0.3) is 10.8 Å². The van der Waals surface area contributed by atoms with Gasteiger partial charge < -0.3 is 10.6 Å². The standard InChI is InChI=1S/C21H23FN4/c1-2-23-21(25-12-10-16-6-5-8-18(22)14-16)26-15-20-19-9-4-3-7-17(19)11-13-24-20/h3-9,11,13-14H,2,10,12,15H2,1H3,(H2,23,25,26). The Labute approximate surface area is 153 Å². The van der Waals surface area contributed by atoms with Crippen molar-refractivity contribution in [3.05, 3.63) is 77.9 Å². The van der Waals surface area contributed by atoms with Crippen LogP contribution in [0.15, 0.2) is 65.8 Å². The molecule has 1 heterocycles. The Hall–Kier alpha value is -2.95. The molecule has 0 fully saturated rings. The molecule has 0 amide bonds. The first kappa shape index (κ1) is 17.9. The number of guanidine groups is 1. The van der Waals surface area contributed by atoms with Crippen LogP contribution in [0.1, 0.15) is 18.2 Å². The van der Waals surface area contributed by atoms with Gasteiger partial charge in [-0.3, -0.25) is 4.98 Å². The summed E-state index contributed by atoms with van der Waals surface area (Å²) in [5.74, 6) is 0.531. The van der Waals surface area contributed by atoms with Crippen molar-refractivity contribution in [2.24, 2.45) is 4.99 Å². The lowest BCUT2D eigenvalue weighted by Crippen LogP contribution is -2.38. The largest absolute Gasteiger partial charge is 0.357 e. The lowest BCUT2D eigenvalue weighted by Gasteiger charge is -2.11. The first-order valence-electron chi connectivity index (χ1n) is 8.85. The zero-order chi connectivity index (χ0) is 18.2. The molecule has 4 nitrogen and oxygen atoms in total. The number of fused-ring (bicyclic) bond motifs is 1. The van der Waals surface area contributed by atoms with E-state index in [0.717, 1.165) is 41.0 Å². The maximum Gasteiger partial charge on any atom is 0.191 e. The molecule has 0 unspecified atom stereocenters. The molecule has 1 aromatic heterocycles. The molecule has 2 N–H and O–H groups in total. The minimum atomic E-state index is -0.204. The Bertz CT molecular complexity index is 887. The summed E-state index contributed by atoms with van der Waals surface area (Å²) in [6.45, 7) is 3.98. The molecular weight excluding hydrogens is 327 g/mol. The number of halogens is 1. The molecule has 0 aliphatic heterocycles. The summed E-state index contributed by atoms with van der Waals surface area (Å²) in [7, 11) is 0. The van der Waals surface area contributed by atoms with Crippen molar-refractivity contribution in [1.29, 1.82) is 0 Å². The van der Waals surface area contributed by atoms with E-state index in [1.54, 1.807) is 12.1 Å². The first-order valence-corrected chi connectivity index (χ1v) is 8.85. The van der Waals surface area contributed by atoms with E-state index in [0.29, 0.717) is 13.1 Å². The van der Waals surface area contributed by atoms with Crippen LogP contribution >= 0.6 is 0 Å². The van der Waals surface area contributed by atoms with Crippen molar-refractivity contribution >= 4 is 16.7 Å². The maximum absolute atomic E-state index is 13.2. The van der Waals surface area contributed by atoms with Gasteiger partial charge in [-0.15, -0.1) is 0 Å². The molecule has 134 valence electrons. The van der Waals surface area contributed by atoms with E-state index in [4.69, 9.17) is 0 Å². The molecule has 2 aromatic carbocycles. The minimum absolute atomic E-state index is 0.204. The Balaban J connectivity index is 1.65. The predicted molar refractivity (Wildman–Crippen MR) is 105 cm³/mol.